The maximum absolute atomic E-state index is 5.48. The van der Waals surface area contributed by atoms with Crippen molar-refractivity contribution in [2.45, 2.75) is 12.5 Å². The number of methoxy groups -OCH3 is 4. The fourth-order valence-electron chi connectivity index (χ4n) is 3.24. The van der Waals surface area contributed by atoms with E-state index in [-0.39, 0.29) is 5.92 Å². The van der Waals surface area contributed by atoms with E-state index in [1.807, 2.05) is 18.2 Å². The maximum atomic E-state index is 5.48. The molecule has 2 aromatic carbocycles. The Hall–Kier alpha value is -2.40. The second-order valence-corrected chi connectivity index (χ2v) is 5.70. The largest absolute Gasteiger partial charge is 0.493 e. The van der Waals surface area contributed by atoms with E-state index in [1.54, 1.807) is 28.4 Å². The quantitative estimate of drug-likeness (QED) is 0.914. The van der Waals surface area contributed by atoms with Crippen LogP contribution in [0.3, 0.4) is 0 Å². The molecule has 1 N–H and O–H groups in total. The molecular weight excluding hydrogens is 306 g/mol. The average molecular weight is 329 g/mol. The van der Waals surface area contributed by atoms with Gasteiger partial charge in [0, 0.05) is 19.0 Å². The second kappa shape index (κ2) is 7.01. The van der Waals surface area contributed by atoms with Crippen LogP contribution in [0.2, 0.25) is 0 Å². The predicted molar refractivity (Wildman–Crippen MR) is 92.6 cm³/mol. The third-order valence-corrected chi connectivity index (χ3v) is 4.49. The van der Waals surface area contributed by atoms with Gasteiger partial charge >= 0.3 is 0 Å². The van der Waals surface area contributed by atoms with Crippen LogP contribution in [0.15, 0.2) is 30.3 Å². The highest BCUT2D eigenvalue weighted by atomic mass is 16.5. The van der Waals surface area contributed by atoms with Crippen molar-refractivity contribution >= 4 is 0 Å². The van der Waals surface area contributed by atoms with Crippen LogP contribution in [0.4, 0.5) is 0 Å². The molecule has 2 aromatic rings. The first-order chi connectivity index (χ1) is 11.7. The van der Waals surface area contributed by atoms with Gasteiger partial charge in [0.05, 0.1) is 28.4 Å². The van der Waals surface area contributed by atoms with Gasteiger partial charge in [-0.3, -0.25) is 0 Å². The highest BCUT2D eigenvalue weighted by Crippen LogP contribution is 2.40. The van der Waals surface area contributed by atoms with Gasteiger partial charge in [0.1, 0.15) is 0 Å². The molecule has 0 radical (unpaired) electrons. The lowest BCUT2D eigenvalue weighted by Gasteiger charge is -2.28. The van der Waals surface area contributed by atoms with Crippen LogP contribution in [0, 0.1) is 0 Å². The molecule has 0 fully saturated rings. The minimum atomic E-state index is 0.216. The molecule has 0 aromatic heterocycles. The summed E-state index contributed by atoms with van der Waals surface area (Å²) in [7, 11) is 6.62. The molecule has 0 bridgehead atoms. The molecule has 1 aliphatic rings. The molecule has 3 rings (SSSR count). The van der Waals surface area contributed by atoms with Crippen LogP contribution in [-0.4, -0.2) is 35.0 Å². The minimum Gasteiger partial charge on any atom is -0.493 e. The van der Waals surface area contributed by atoms with Crippen molar-refractivity contribution in [1.82, 2.24) is 5.32 Å². The Bertz CT molecular complexity index is 730. The first-order valence-electron chi connectivity index (χ1n) is 7.89. The summed E-state index contributed by atoms with van der Waals surface area (Å²) in [5.74, 6) is 3.20. The highest BCUT2D eigenvalue weighted by molar-refractivity contribution is 5.53. The third-order valence-electron chi connectivity index (χ3n) is 4.49. The SMILES string of the molecule is COc1ccc(C2CNCc3cc(OC)c(OC)cc32)cc1OC. The maximum Gasteiger partial charge on any atom is 0.161 e. The zero-order chi connectivity index (χ0) is 17.1. The second-order valence-electron chi connectivity index (χ2n) is 5.70. The molecule has 0 aliphatic carbocycles. The van der Waals surface area contributed by atoms with E-state index in [9.17, 15) is 0 Å². The van der Waals surface area contributed by atoms with Crippen molar-refractivity contribution < 1.29 is 18.9 Å². The Balaban J connectivity index is 2.06. The van der Waals surface area contributed by atoms with Crippen molar-refractivity contribution in [2.24, 2.45) is 0 Å². The summed E-state index contributed by atoms with van der Waals surface area (Å²) < 4.78 is 21.7. The van der Waals surface area contributed by atoms with E-state index in [4.69, 9.17) is 18.9 Å². The fourth-order valence-corrected chi connectivity index (χ4v) is 3.24. The summed E-state index contributed by atoms with van der Waals surface area (Å²) in [6, 6.07) is 10.2. The summed E-state index contributed by atoms with van der Waals surface area (Å²) in [5, 5.41) is 3.48. The molecule has 128 valence electrons. The first-order valence-corrected chi connectivity index (χ1v) is 7.89. The van der Waals surface area contributed by atoms with E-state index in [2.05, 4.69) is 17.4 Å². The van der Waals surface area contributed by atoms with E-state index in [0.29, 0.717) is 0 Å². The van der Waals surface area contributed by atoms with E-state index in [0.717, 1.165) is 36.1 Å². The molecule has 24 heavy (non-hydrogen) atoms. The molecule has 1 unspecified atom stereocenters. The molecule has 1 aliphatic heterocycles. The summed E-state index contributed by atoms with van der Waals surface area (Å²) in [5.41, 5.74) is 3.64. The zero-order valence-electron chi connectivity index (χ0n) is 14.5. The van der Waals surface area contributed by atoms with Crippen molar-refractivity contribution in [2.75, 3.05) is 35.0 Å². The van der Waals surface area contributed by atoms with E-state index < -0.39 is 0 Å². The fraction of sp³-hybridized carbons (Fsp3) is 0.368. The monoisotopic (exact) mass is 329 g/mol. The van der Waals surface area contributed by atoms with Gasteiger partial charge in [-0.25, -0.2) is 0 Å². The number of hydrogen-bond acceptors (Lipinski definition) is 5. The van der Waals surface area contributed by atoms with Crippen LogP contribution in [-0.2, 0) is 6.54 Å². The molecule has 5 nitrogen and oxygen atoms in total. The van der Waals surface area contributed by atoms with Crippen LogP contribution < -0.4 is 24.3 Å². The Kier molecular flexibility index (Phi) is 4.81. The van der Waals surface area contributed by atoms with Gasteiger partial charge in [-0.15, -0.1) is 0 Å². The van der Waals surface area contributed by atoms with Gasteiger partial charge in [-0.05, 0) is 41.0 Å². The summed E-state index contributed by atoms with van der Waals surface area (Å²) in [6.45, 7) is 1.68. The summed E-state index contributed by atoms with van der Waals surface area (Å²) in [4.78, 5) is 0. The Morgan fingerprint density at radius 2 is 1.42 bits per heavy atom. The van der Waals surface area contributed by atoms with Gasteiger partial charge in [0.15, 0.2) is 23.0 Å². The number of hydrogen-bond donors (Lipinski definition) is 1. The molecule has 0 amide bonds. The normalized spacial score (nSPS) is 16.2. The van der Waals surface area contributed by atoms with Crippen LogP contribution in [0.1, 0.15) is 22.6 Å². The van der Waals surface area contributed by atoms with Crippen molar-refractivity contribution in [3.8, 4) is 23.0 Å². The molecule has 1 heterocycles. The lowest BCUT2D eigenvalue weighted by Crippen LogP contribution is -2.29. The zero-order valence-corrected chi connectivity index (χ0v) is 14.5. The number of benzene rings is 2. The molecule has 5 heteroatoms. The lowest BCUT2D eigenvalue weighted by atomic mass is 9.85. The van der Waals surface area contributed by atoms with Crippen molar-refractivity contribution in [1.29, 1.82) is 0 Å². The van der Waals surface area contributed by atoms with Gasteiger partial charge < -0.3 is 24.3 Å². The Morgan fingerprint density at radius 1 is 0.792 bits per heavy atom. The molecule has 0 saturated carbocycles. The topological polar surface area (TPSA) is 49.0 Å². The summed E-state index contributed by atoms with van der Waals surface area (Å²) >= 11 is 0. The van der Waals surface area contributed by atoms with Gasteiger partial charge in [0.2, 0.25) is 0 Å². The molecule has 0 saturated heterocycles. The van der Waals surface area contributed by atoms with Gasteiger partial charge in [0.25, 0.3) is 0 Å². The van der Waals surface area contributed by atoms with Gasteiger partial charge in [-0.2, -0.15) is 0 Å². The Morgan fingerprint density at radius 3 is 2.08 bits per heavy atom. The third kappa shape index (κ3) is 2.87. The smallest absolute Gasteiger partial charge is 0.161 e. The molecule has 1 atom stereocenters. The number of rotatable bonds is 5. The van der Waals surface area contributed by atoms with Crippen molar-refractivity contribution in [3.05, 3.63) is 47.0 Å². The summed E-state index contributed by atoms with van der Waals surface area (Å²) in [6.07, 6.45) is 0. The first kappa shape index (κ1) is 16.5. The number of fused-ring (bicyclic) bond motifs is 1. The number of nitrogens with one attached hydrogen (secondary N) is 1. The lowest BCUT2D eigenvalue weighted by molar-refractivity contribution is 0.352. The molecule has 0 spiro atoms. The van der Waals surface area contributed by atoms with Crippen LogP contribution >= 0.6 is 0 Å². The number of ether oxygens (including phenoxy) is 4. The van der Waals surface area contributed by atoms with Crippen molar-refractivity contribution in [3.63, 3.8) is 0 Å². The van der Waals surface area contributed by atoms with Crippen LogP contribution in [0.5, 0.6) is 23.0 Å². The average Bonchev–Trinajstić information content (AvgIpc) is 2.65. The van der Waals surface area contributed by atoms with E-state index >= 15 is 0 Å². The minimum absolute atomic E-state index is 0.216. The van der Waals surface area contributed by atoms with Crippen LogP contribution in [0.25, 0.3) is 0 Å². The Labute approximate surface area is 142 Å². The predicted octanol–water partition coefficient (Wildman–Crippen LogP) is 2.96. The van der Waals surface area contributed by atoms with E-state index in [1.165, 1.54) is 16.7 Å². The highest BCUT2D eigenvalue weighted by Gasteiger charge is 2.25. The molecular formula is C19H23NO4. The van der Waals surface area contributed by atoms with Gasteiger partial charge in [-0.1, -0.05) is 6.07 Å². The standard InChI is InChI=1S/C19H23NO4/c1-21-16-6-5-12(7-17(16)22-2)15-11-20-10-13-8-18(23-3)19(24-4)9-14(13)15/h5-9,15,20H,10-11H2,1-4H3.